The zero-order chi connectivity index (χ0) is 21.0. The van der Waals surface area contributed by atoms with Gasteiger partial charge in [-0.05, 0) is 32.1 Å². The van der Waals surface area contributed by atoms with E-state index in [0.29, 0.717) is 12.8 Å². The van der Waals surface area contributed by atoms with Crippen LogP contribution in [-0.4, -0.2) is 46.8 Å². The number of hydrogen-bond donors (Lipinski definition) is 1. The number of nitriles is 1. The highest BCUT2D eigenvalue weighted by Crippen LogP contribution is 2.37. The monoisotopic (exact) mass is 387 g/mol. The first-order valence-electron chi connectivity index (χ1n) is 9.34. The minimum Gasteiger partial charge on any atom is -0.456 e. The third-order valence-corrected chi connectivity index (χ3v) is 5.06. The van der Waals surface area contributed by atoms with Crippen molar-refractivity contribution in [1.29, 1.82) is 10.7 Å². The van der Waals surface area contributed by atoms with Gasteiger partial charge in [0.05, 0.1) is 17.9 Å². The van der Waals surface area contributed by atoms with Crippen molar-refractivity contribution in [3.8, 4) is 6.07 Å². The van der Waals surface area contributed by atoms with E-state index in [1.54, 1.807) is 6.07 Å². The van der Waals surface area contributed by atoms with Crippen molar-refractivity contribution in [1.82, 2.24) is 4.90 Å². The highest BCUT2D eigenvalue weighted by molar-refractivity contribution is 6.09. The number of Topliss-reactive ketones (excluding diaryl/α,β-unsaturated/α-hetero) is 1. The van der Waals surface area contributed by atoms with Crippen LogP contribution in [0.5, 0.6) is 0 Å². The molecule has 1 N–H and O–H groups in total. The number of esters is 1. The lowest BCUT2D eigenvalue weighted by molar-refractivity contribution is -0.161. The van der Waals surface area contributed by atoms with Crippen LogP contribution < -0.4 is 0 Å². The summed E-state index contributed by atoms with van der Waals surface area (Å²) in [7, 11) is 0. The van der Waals surface area contributed by atoms with Crippen molar-refractivity contribution >= 4 is 29.3 Å². The van der Waals surface area contributed by atoms with Gasteiger partial charge in [0.25, 0.3) is 0 Å². The van der Waals surface area contributed by atoms with Crippen LogP contribution >= 0.6 is 0 Å². The fourth-order valence-electron chi connectivity index (χ4n) is 3.62. The van der Waals surface area contributed by atoms with Gasteiger partial charge >= 0.3 is 5.97 Å². The summed E-state index contributed by atoms with van der Waals surface area (Å²) in [6.07, 6.45) is 4.90. The molecule has 2 amide bonds. The van der Waals surface area contributed by atoms with Gasteiger partial charge in [0.2, 0.25) is 11.8 Å². The summed E-state index contributed by atoms with van der Waals surface area (Å²) in [5.74, 6) is -4.48. The first-order chi connectivity index (χ1) is 13.2. The molecule has 0 radical (unpaired) electrons. The predicted octanol–water partition coefficient (Wildman–Crippen LogP) is 1.64. The van der Waals surface area contributed by atoms with Crippen LogP contribution in [0.4, 0.5) is 0 Å². The van der Waals surface area contributed by atoms with Crippen molar-refractivity contribution in [2.75, 3.05) is 6.61 Å². The molecule has 0 spiro atoms. The lowest BCUT2D eigenvalue weighted by Gasteiger charge is -2.26. The van der Waals surface area contributed by atoms with E-state index in [1.165, 1.54) is 6.92 Å². The number of ketones is 1. The Hall–Kier alpha value is -2.82. The molecule has 1 saturated heterocycles. The molecule has 1 fully saturated rings. The van der Waals surface area contributed by atoms with Crippen LogP contribution in [-0.2, 0) is 23.9 Å². The van der Waals surface area contributed by atoms with E-state index in [9.17, 15) is 19.2 Å². The van der Waals surface area contributed by atoms with Crippen molar-refractivity contribution in [3.05, 3.63) is 12.2 Å². The summed E-state index contributed by atoms with van der Waals surface area (Å²) in [5, 5.41) is 16.4. The summed E-state index contributed by atoms with van der Waals surface area (Å²) < 4.78 is 5.06. The van der Waals surface area contributed by atoms with Crippen molar-refractivity contribution in [2.45, 2.75) is 46.1 Å². The SMILES string of the molecule is CC(=N)[C@H](C#N)C(=O)COC(=O)[C@@H](CC(C)C)N1C(=O)[C@H]2CC=CC[C@H]2C1=O. The molecule has 8 nitrogen and oxygen atoms in total. The molecule has 4 atom stereocenters. The van der Waals surface area contributed by atoms with Gasteiger partial charge in [-0.3, -0.25) is 19.3 Å². The van der Waals surface area contributed by atoms with E-state index >= 15 is 0 Å². The van der Waals surface area contributed by atoms with E-state index in [-0.39, 0.29) is 29.9 Å². The number of allylic oxidation sites excluding steroid dienone is 2. The average molecular weight is 387 g/mol. The Morgan fingerprint density at radius 3 is 2.21 bits per heavy atom. The summed E-state index contributed by atoms with van der Waals surface area (Å²) >= 11 is 0. The zero-order valence-electron chi connectivity index (χ0n) is 16.3. The van der Waals surface area contributed by atoms with Crippen molar-refractivity contribution in [3.63, 3.8) is 0 Å². The van der Waals surface area contributed by atoms with Crippen molar-refractivity contribution in [2.24, 2.45) is 23.7 Å². The standard InChI is InChI=1S/C20H25N3O5/c1-11(2)8-16(20(27)28-10-17(24)15(9-21)12(3)22)23-18(25)13-6-4-5-7-14(13)19(23)26/h4-5,11,13-16,22H,6-8,10H2,1-3H3/t13-,14+,15-,16+/m0/s1. The topological polar surface area (TPSA) is 128 Å². The molecular formula is C20H25N3O5. The molecule has 28 heavy (non-hydrogen) atoms. The second-order valence-corrected chi connectivity index (χ2v) is 7.67. The molecular weight excluding hydrogens is 362 g/mol. The minimum absolute atomic E-state index is 0.00489. The van der Waals surface area contributed by atoms with E-state index in [0.717, 1.165) is 4.90 Å². The highest BCUT2D eigenvalue weighted by atomic mass is 16.5. The fourth-order valence-corrected chi connectivity index (χ4v) is 3.62. The first kappa shape index (κ1) is 21.5. The van der Waals surface area contributed by atoms with Gasteiger partial charge in [-0.1, -0.05) is 26.0 Å². The van der Waals surface area contributed by atoms with E-state index in [4.69, 9.17) is 15.4 Å². The van der Waals surface area contributed by atoms with Crippen LogP contribution in [0.2, 0.25) is 0 Å². The van der Waals surface area contributed by atoms with E-state index in [2.05, 4.69) is 0 Å². The highest BCUT2D eigenvalue weighted by Gasteiger charge is 2.51. The Labute approximate surface area is 164 Å². The summed E-state index contributed by atoms with van der Waals surface area (Å²) in [6.45, 7) is 4.36. The zero-order valence-corrected chi connectivity index (χ0v) is 16.3. The average Bonchev–Trinajstić information content (AvgIpc) is 2.89. The van der Waals surface area contributed by atoms with Gasteiger partial charge in [0.1, 0.15) is 12.0 Å². The van der Waals surface area contributed by atoms with Crippen LogP contribution in [0.25, 0.3) is 0 Å². The molecule has 150 valence electrons. The summed E-state index contributed by atoms with van der Waals surface area (Å²) in [4.78, 5) is 51.3. The molecule has 0 bridgehead atoms. The molecule has 8 heteroatoms. The Morgan fingerprint density at radius 2 is 1.79 bits per heavy atom. The fraction of sp³-hybridized carbons (Fsp3) is 0.600. The number of imide groups is 1. The number of amides is 2. The molecule has 0 unspecified atom stereocenters. The minimum atomic E-state index is -1.28. The third kappa shape index (κ3) is 4.35. The Bertz CT molecular complexity index is 738. The molecule has 0 aromatic rings. The lowest BCUT2D eigenvalue weighted by atomic mass is 9.85. The van der Waals surface area contributed by atoms with E-state index in [1.807, 2.05) is 26.0 Å². The van der Waals surface area contributed by atoms with Gasteiger partial charge in [-0.2, -0.15) is 5.26 Å². The number of hydrogen-bond acceptors (Lipinski definition) is 7. The maximum atomic E-state index is 12.8. The summed E-state index contributed by atoms with van der Waals surface area (Å²) in [6, 6.07) is 0.601. The molecule has 0 aromatic heterocycles. The molecule has 0 aromatic carbocycles. The van der Waals surface area contributed by atoms with Gasteiger partial charge in [-0.25, -0.2) is 4.79 Å². The molecule has 1 aliphatic carbocycles. The normalized spacial score (nSPS) is 23.2. The van der Waals surface area contributed by atoms with Crippen LogP contribution in [0.3, 0.4) is 0 Å². The van der Waals surface area contributed by atoms with Gasteiger partial charge < -0.3 is 10.1 Å². The second-order valence-electron chi connectivity index (χ2n) is 7.67. The predicted molar refractivity (Wildman–Crippen MR) is 98.9 cm³/mol. The maximum Gasteiger partial charge on any atom is 0.329 e. The van der Waals surface area contributed by atoms with Crippen molar-refractivity contribution < 1.29 is 23.9 Å². The van der Waals surface area contributed by atoms with Gasteiger partial charge in [0.15, 0.2) is 12.4 Å². The molecule has 2 rings (SSSR count). The number of nitrogens with one attached hydrogen (secondary N) is 1. The smallest absolute Gasteiger partial charge is 0.329 e. The molecule has 0 saturated carbocycles. The number of ether oxygens (including phenoxy) is 1. The number of carbonyl (C=O) groups excluding carboxylic acids is 4. The molecule has 2 aliphatic rings. The van der Waals surface area contributed by atoms with Gasteiger partial charge in [-0.15, -0.1) is 0 Å². The number of nitrogens with zero attached hydrogens (tertiary/aromatic N) is 2. The van der Waals surface area contributed by atoms with Crippen LogP contribution in [0.15, 0.2) is 12.2 Å². The second kappa shape index (κ2) is 8.91. The largest absolute Gasteiger partial charge is 0.456 e. The van der Waals surface area contributed by atoms with E-state index < -0.39 is 42.2 Å². The first-order valence-corrected chi connectivity index (χ1v) is 9.34. The number of likely N-dealkylation sites (tertiary alicyclic amines) is 1. The quantitative estimate of drug-likeness (QED) is 0.292. The van der Waals surface area contributed by atoms with Crippen LogP contribution in [0, 0.1) is 40.4 Å². The number of carbonyl (C=O) groups is 4. The number of rotatable bonds is 8. The Kier molecular flexibility index (Phi) is 6.84. The molecule has 1 heterocycles. The maximum absolute atomic E-state index is 12.8. The number of fused-ring (bicyclic) bond motifs is 1. The van der Waals surface area contributed by atoms with Crippen LogP contribution in [0.1, 0.15) is 40.0 Å². The summed E-state index contributed by atoms with van der Waals surface area (Å²) in [5.41, 5.74) is -0.135. The Morgan fingerprint density at radius 1 is 1.25 bits per heavy atom. The lowest BCUT2D eigenvalue weighted by Crippen LogP contribution is -2.47. The van der Waals surface area contributed by atoms with Gasteiger partial charge in [0, 0.05) is 5.71 Å². The third-order valence-electron chi connectivity index (χ3n) is 5.06. The molecule has 1 aliphatic heterocycles. The Balaban J connectivity index is 2.15.